The Balaban J connectivity index is 0.968. The first-order chi connectivity index (χ1) is 54.2. The quantitative estimate of drug-likeness (QED) is 0.121. The van der Waals surface area contributed by atoms with Crippen LogP contribution in [0.1, 0.15) is 198 Å². The monoisotopic (exact) mass is 1490 g/mol. The van der Waals surface area contributed by atoms with Gasteiger partial charge in [-0.2, -0.15) is 0 Å². The summed E-state index contributed by atoms with van der Waals surface area (Å²) < 4.78 is 0. The SMILES string of the molecule is CC(C)(C)c1cc(-c2c3nc(c(-c4cc(C(C)(C)C)cc(C(C)(C)C)c4)c4ccc([nH]4)c(-c4cc(C(C)(C)C)cc(C(C)(C)C)c4)c4nc(c(-c5ccc(-c6c7nc(c(-c8ccccc8)c8ccc([nH]8)c(-c8ccccc8)c8cc(c(-c9ccccc9)c9ccc6[nH]9)N=C8)C=C7)cc5)c5ccc2[nH]5)C=C4)C=C3)cc(C(C)(C)C)c1. The van der Waals surface area contributed by atoms with Crippen molar-refractivity contribution in [1.29, 1.82) is 0 Å². The Morgan fingerprint density at radius 1 is 0.202 bits per heavy atom. The van der Waals surface area contributed by atoms with Crippen molar-refractivity contribution in [2.75, 3.05) is 0 Å². The van der Waals surface area contributed by atoms with E-state index in [2.05, 4.69) is 405 Å². The third kappa shape index (κ3) is 14.2. The van der Waals surface area contributed by atoms with Crippen LogP contribution < -0.4 is 0 Å². The number of aromatic amines is 4. The van der Waals surface area contributed by atoms with Gasteiger partial charge in [-0.3, -0.25) is 4.99 Å². The fourth-order valence-electron chi connectivity index (χ4n) is 16.4. The lowest BCUT2D eigenvalue weighted by Crippen LogP contribution is -2.16. The molecule has 8 nitrogen and oxygen atoms in total. The van der Waals surface area contributed by atoms with E-state index in [9.17, 15) is 0 Å². The standard InChI is InChI=1S/C106H102N8/c1-101(2,3)72-52-68(53-73(59-72)102(4,5)6)98-86-46-43-83(111-86)96(84-44-47-87(112-84)99(69-54-74(103(7,8)9)60-75(55-69)104(10,11)12)89-49-51-91(114-89)100(90-50-48-88(98)113-90)70-56-76(105(13,14)15)61-77(57-70)106(16,17)18)67-36-34-66(35-37-67)95-81-41-40-80(109-81)94(64-30-24-20-25-31-64)79-39-38-78(108-79)93(63-28-22-19-23-29-63)71-58-92(107-62-71)97(65-32-26-21-27-33-65)85-45-42-82(95)110-85/h19-62,108,110-111,114H,1-18H3. The van der Waals surface area contributed by atoms with Crippen molar-refractivity contribution in [1.82, 2.24) is 34.9 Å². The van der Waals surface area contributed by atoms with Crippen LogP contribution in [-0.4, -0.2) is 41.1 Å². The minimum Gasteiger partial charge on any atom is -0.354 e. The zero-order valence-electron chi connectivity index (χ0n) is 69.2. The molecule has 0 atom stereocenters. The minimum absolute atomic E-state index is 0.141. The van der Waals surface area contributed by atoms with E-state index in [1.54, 1.807) is 0 Å². The molecular formula is C106H102N8. The molecule has 0 saturated carbocycles. The van der Waals surface area contributed by atoms with Crippen molar-refractivity contribution < 1.29 is 0 Å². The molecule has 0 spiro atoms. The predicted molar refractivity (Wildman–Crippen MR) is 487 cm³/mol. The Hall–Kier alpha value is -12.3. The highest BCUT2D eigenvalue weighted by atomic mass is 14.8. The zero-order chi connectivity index (χ0) is 79.7. The topological polar surface area (TPSA) is 114 Å². The largest absolute Gasteiger partial charge is 0.354 e. The van der Waals surface area contributed by atoms with Crippen molar-refractivity contribution in [3.8, 4) is 89.0 Å². The molecule has 10 heterocycles. The lowest BCUT2D eigenvalue weighted by Gasteiger charge is -2.26. The van der Waals surface area contributed by atoms with Crippen molar-refractivity contribution in [2.45, 2.75) is 157 Å². The highest BCUT2D eigenvalue weighted by Crippen LogP contribution is 2.47. The average molecular weight is 1490 g/mol. The molecule has 4 aliphatic rings. The first-order valence-electron chi connectivity index (χ1n) is 40.3. The average Bonchev–Trinajstić information content (AvgIpc) is 1.56. The first kappa shape index (κ1) is 74.5. The van der Waals surface area contributed by atoms with E-state index in [0.29, 0.717) is 0 Å². The Labute approximate surface area is 671 Å². The van der Waals surface area contributed by atoms with Crippen LogP contribution in [0.15, 0.2) is 229 Å². The van der Waals surface area contributed by atoms with E-state index < -0.39 is 0 Å². The Morgan fingerprint density at radius 3 is 0.667 bits per heavy atom. The predicted octanol–water partition coefficient (Wildman–Crippen LogP) is 28.9. The maximum atomic E-state index is 5.96. The van der Waals surface area contributed by atoms with Gasteiger partial charge in [0.05, 0.1) is 39.9 Å². The third-order valence-electron chi connectivity index (χ3n) is 23.0. The van der Waals surface area contributed by atoms with Crippen LogP contribution >= 0.6 is 0 Å². The molecule has 566 valence electrons. The van der Waals surface area contributed by atoms with E-state index >= 15 is 0 Å². The van der Waals surface area contributed by atoms with Gasteiger partial charge in [-0.05, 0) is 201 Å². The maximum absolute atomic E-state index is 5.96. The molecule has 4 aliphatic heterocycles. The van der Waals surface area contributed by atoms with Gasteiger partial charge >= 0.3 is 0 Å². The number of nitrogens with zero attached hydrogens (tertiary/aromatic N) is 4. The second kappa shape index (κ2) is 27.8. The number of hydrogen-bond donors (Lipinski definition) is 4. The minimum atomic E-state index is -0.159. The summed E-state index contributed by atoms with van der Waals surface area (Å²) in [5.41, 5.74) is 37.8. The highest BCUT2D eigenvalue weighted by Gasteiger charge is 2.30. The molecule has 0 unspecified atom stereocenters. The summed E-state index contributed by atoms with van der Waals surface area (Å²) in [5, 5.41) is 0. The summed E-state index contributed by atoms with van der Waals surface area (Å²) in [7, 11) is 0. The number of benzene rings is 7. The molecule has 0 amide bonds. The Kier molecular flexibility index (Phi) is 18.2. The molecule has 4 N–H and O–H groups in total. The molecule has 6 aromatic heterocycles. The first-order valence-corrected chi connectivity index (χ1v) is 40.3. The molecule has 16 bridgehead atoms. The summed E-state index contributed by atoms with van der Waals surface area (Å²) in [4.78, 5) is 39.2. The van der Waals surface area contributed by atoms with E-state index in [-0.39, 0.29) is 32.5 Å². The van der Waals surface area contributed by atoms with E-state index in [1.165, 1.54) is 33.4 Å². The third-order valence-corrected chi connectivity index (χ3v) is 23.0. The second-order valence-electron chi connectivity index (χ2n) is 37.6. The zero-order valence-corrected chi connectivity index (χ0v) is 69.2. The summed E-state index contributed by atoms with van der Waals surface area (Å²) in [6.45, 7) is 41.8. The van der Waals surface area contributed by atoms with Gasteiger partial charge in [-0.1, -0.05) is 294 Å². The summed E-state index contributed by atoms with van der Waals surface area (Å²) in [6.07, 6.45) is 15.3. The fourth-order valence-corrected chi connectivity index (χ4v) is 16.4. The Morgan fingerprint density at radius 2 is 0.412 bits per heavy atom. The molecule has 114 heavy (non-hydrogen) atoms. The van der Waals surface area contributed by atoms with Crippen molar-refractivity contribution in [2.24, 2.45) is 4.99 Å². The van der Waals surface area contributed by atoms with Gasteiger partial charge in [0, 0.05) is 100 Å². The Bertz CT molecular complexity index is 6330. The molecule has 8 heteroatoms. The number of H-pyrrole nitrogens is 4. The van der Waals surface area contributed by atoms with Crippen LogP contribution in [0.5, 0.6) is 0 Å². The summed E-state index contributed by atoms with van der Waals surface area (Å²) in [6, 6.07) is 82.8. The molecule has 0 fully saturated rings. The maximum Gasteiger partial charge on any atom is 0.0737 e. The number of nitrogens with one attached hydrogen (secondary N) is 4. The molecular weight excluding hydrogens is 1390 g/mol. The molecule has 13 aromatic rings. The van der Waals surface area contributed by atoms with Crippen LogP contribution in [0.2, 0.25) is 0 Å². The normalized spacial score (nSPS) is 13.2. The second-order valence-corrected chi connectivity index (χ2v) is 37.6. The number of aliphatic imine (C=N–C) groups is 1. The number of hydrogen-bond acceptors (Lipinski definition) is 4. The van der Waals surface area contributed by atoms with Gasteiger partial charge in [0.25, 0.3) is 0 Å². The van der Waals surface area contributed by atoms with Crippen LogP contribution in [-0.2, 0) is 32.5 Å². The highest BCUT2D eigenvalue weighted by molar-refractivity contribution is 6.06. The molecule has 0 saturated heterocycles. The van der Waals surface area contributed by atoms with Crippen LogP contribution in [0.25, 0.3) is 170 Å². The van der Waals surface area contributed by atoms with E-state index in [0.717, 1.165) is 179 Å². The fraction of sp³-hybridized carbons (Fsp3) is 0.226. The van der Waals surface area contributed by atoms with Crippen molar-refractivity contribution in [3.05, 3.63) is 298 Å². The van der Waals surface area contributed by atoms with Gasteiger partial charge in [-0.15, -0.1) is 0 Å². The number of rotatable bonds is 8. The van der Waals surface area contributed by atoms with Gasteiger partial charge in [-0.25, -0.2) is 15.0 Å². The summed E-state index contributed by atoms with van der Waals surface area (Å²) >= 11 is 0. The summed E-state index contributed by atoms with van der Waals surface area (Å²) in [5.74, 6) is 0. The van der Waals surface area contributed by atoms with Gasteiger partial charge in [0.2, 0.25) is 0 Å². The van der Waals surface area contributed by atoms with E-state index in [1.807, 2.05) is 6.21 Å². The van der Waals surface area contributed by atoms with Crippen molar-refractivity contribution in [3.63, 3.8) is 0 Å². The molecule has 0 aliphatic carbocycles. The van der Waals surface area contributed by atoms with Crippen LogP contribution in [0, 0.1) is 0 Å². The molecule has 17 rings (SSSR count). The van der Waals surface area contributed by atoms with Gasteiger partial charge in [0.15, 0.2) is 0 Å². The smallest absolute Gasteiger partial charge is 0.0737 e. The molecule has 0 radical (unpaired) electrons. The van der Waals surface area contributed by atoms with Gasteiger partial charge in [0.1, 0.15) is 0 Å². The lowest BCUT2D eigenvalue weighted by atomic mass is 9.78. The number of aromatic nitrogens is 7. The number of fused-ring (bicyclic) bond motifs is 16. The van der Waals surface area contributed by atoms with Gasteiger partial charge < -0.3 is 19.9 Å². The molecule has 7 aromatic carbocycles. The lowest BCUT2D eigenvalue weighted by molar-refractivity contribution is 0.568. The van der Waals surface area contributed by atoms with Crippen LogP contribution in [0.4, 0.5) is 5.69 Å². The van der Waals surface area contributed by atoms with Crippen LogP contribution in [0.3, 0.4) is 0 Å². The van der Waals surface area contributed by atoms with E-state index in [4.69, 9.17) is 19.9 Å². The van der Waals surface area contributed by atoms with Crippen molar-refractivity contribution >= 4 is 92.5 Å².